The SMILES string of the molecule is CC(C)(C)c1nc(C(O)Cc2c(F)cccc2Cl)cs1. The molecule has 2 rings (SSSR count). The second-order valence-corrected chi connectivity index (χ2v) is 7.01. The summed E-state index contributed by atoms with van der Waals surface area (Å²) in [5.74, 6) is -0.400. The Hall–Kier alpha value is -0.970. The second-order valence-electron chi connectivity index (χ2n) is 5.75. The van der Waals surface area contributed by atoms with E-state index in [1.165, 1.54) is 17.4 Å². The molecule has 2 aromatic rings. The van der Waals surface area contributed by atoms with Crippen LogP contribution in [-0.2, 0) is 11.8 Å². The van der Waals surface area contributed by atoms with Crippen LogP contribution >= 0.6 is 22.9 Å². The molecule has 0 aliphatic rings. The normalized spacial score (nSPS) is 13.5. The van der Waals surface area contributed by atoms with Gasteiger partial charge in [0, 0.05) is 27.8 Å². The number of aromatic nitrogens is 1. The summed E-state index contributed by atoms with van der Waals surface area (Å²) in [6.07, 6.45) is -0.726. The first-order valence-corrected chi connectivity index (χ1v) is 7.61. The van der Waals surface area contributed by atoms with Crippen LogP contribution < -0.4 is 0 Å². The zero-order valence-electron chi connectivity index (χ0n) is 11.7. The molecule has 1 atom stereocenters. The number of thiazole rings is 1. The van der Waals surface area contributed by atoms with Crippen molar-refractivity contribution in [3.05, 3.63) is 50.7 Å². The molecule has 0 aliphatic heterocycles. The Morgan fingerprint density at radius 1 is 1.40 bits per heavy atom. The first-order valence-electron chi connectivity index (χ1n) is 6.36. The fraction of sp³-hybridized carbons (Fsp3) is 0.400. The van der Waals surface area contributed by atoms with Gasteiger partial charge in [0.05, 0.1) is 10.7 Å². The van der Waals surface area contributed by atoms with Gasteiger partial charge < -0.3 is 5.11 Å². The maximum atomic E-state index is 13.7. The minimum Gasteiger partial charge on any atom is -0.386 e. The van der Waals surface area contributed by atoms with Crippen LogP contribution in [-0.4, -0.2) is 10.1 Å². The van der Waals surface area contributed by atoms with E-state index < -0.39 is 11.9 Å². The molecule has 0 spiro atoms. The monoisotopic (exact) mass is 313 g/mol. The topological polar surface area (TPSA) is 33.1 Å². The van der Waals surface area contributed by atoms with Gasteiger partial charge in [0.1, 0.15) is 11.9 Å². The van der Waals surface area contributed by atoms with Gasteiger partial charge in [0.25, 0.3) is 0 Å². The van der Waals surface area contributed by atoms with E-state index >= 15 is 0 Å². The van der Waals surface area contributed by atoms with Crippen molar-refractivity contribution in [2.45, 2.75) is 38.7 Å². The Morgan fingerprint density at radius 3 is 2.65 bits per heavy atom. The number of halogens is 2. The molecule has 108 valence electrons. The summed E-state index contributed by atoms with van der Waals surface area (Å²) in [7, 11) is 0. The highest BCUT2D eigenvalue weighted by Crippen LogP contribution is 2.30. The van der Waals surface area contributed by atoms with Crippen LogP contribution in [0.25, 0.3) is 0 Å². The average molecular weight is 314 g/mol. The predicted molar refractivity (Wildman–Crippen MR) is 80.9 cm³/mol. The number of hydrogen-bond acceptors (Lipinski definition) is 3. The lowest BCUT2D eigenvalue weighted by Gasteiger charge is -2.14. The van der Waals surface area contributed by atoms with Gasteiger partial charge in [-0.2, -0.15) is 0 Å². The van der Waals surface area contributed by atoms with Crippen molar-refractivity contribution < 1.29 is 9.50 Å². The van der Waals surface area contributed by atoms with Gasteiger partial charge in [-0.3, -0.25) is 0 Å². The fourth-order valence-corrected chi connectivity index (χ4v) is 3.00. The summed E-state index contributed by atoms with van der Waals surface area (Å²) < 4.78 is 13.7. The van der Waals surface area contributed by atoms with E-state index in [-0.39, 0.29) is 11.8 Å². The molecule has 1 aromatic carbocycles. The quantitative estimate of drug-likeness (QED) is 0.904. The van der Waals surface area contributed by atoms with Crippen LogP contribution in [0.1, 0.15) is 43.1 Å². The third-order valence-electron chi connectivity index (χ3n) is 2.96. The molecular formula is C15H17ClFNOS. The Balaban J connectivity index is 2.20. The van der Waals surface area contributed by atoms with Gasteiger partial charge in [-0.05, 0) is 12.1 Å². The van der Waals surface area contributed by atoms with Crippen LogP contribution in [0.15, 0.2) is 23.6 Å². The average Bonchev–Trinajstić information content (AvgIpc) is 2.83. The largest absolute Gasteiger partial charge is 0.386 e. The zero-order valence-corrected chi connectivity index (χ0v) is 13.2. The summed E-state index contributed by atoms with van der Waals surface area (Å²) in [6.45, 7) is 6.20. The van der Waals surface area contributed by atoms with E-state index in [1.807, 2.05) is 5.38 Å². The minimum absolute atomic E-state index is 0.0573. The van der Waals surface area contributed by atoms with Crippen LogP contribution in [0.3, 0.4) is 0 Å². The molecule has 2 nitrogen and oxygen atoms in total. The van der Waals surface area contributed by atoms with Crippen molar-refractivity contribution in [1.29, 1.82) is 0 Å². The van der Waals surface area contributed by atoms with E-state index in [0.717, 1.165) is 5.01 Å². The molecule has 0 amide bonds. The van der Waals surface area contributed by atoms with Crippen LogP contribution in [0.5, 0.6) is 0 Å². The van der Waals surface area contributed by atoms with E-state index in [4.69, 9.17) is 11.6 Å². The Kier molecular flexibility index (Phi) is 4.47. The van der Waals surface area contributed by atoms with Crippen LogP contribution in [0, 0.1) is 5.82 Å². The zero-order chi connectivity index (χ0) is 14.9. The standard InChI is InChI=1S/C15H17ClFNOS/c1-15(2,3)14-18-12(8-20-14)13(19)7-9-10(16)5-4-6-11(9)17/h4-6,8,13,19H,7H2,1-3H3. The number of hydrogen-bond donors (Lipinski definition) is 1. The van der Waals surface area contributed by atoms with Crippen molar-refractivity contribution in [3.63, 3.8) is 0 Å². The van der Waals surface area contributed by atoms with Crippen molar-refractivity contribution >= 4 is 22.9 Å². The molecule has 0 fully saturated rings. The number of aliphatic hydroxyl groups is 1. The highest BCUT2D eigenvalue weighted by molar-refractivity contribution is 7.09. The van der Waals surface area contributed by atoms with Crippen molar-refractivity contribution in [2.24, 2.45) is 0 Å². The number of rotatable bonds is 3. The van der Waals surface area contributed by atoms with Crippen LogP contribution in [0.4, 0.5) is 4.39 Å². The van der Waals surface area contributed by atoms with Gasteiger partial charge in [0.15, 0.2) is 0 Å². The van der Waals surface area contributed by atoms with Crippen LogP contribution in [0.2, 0.25) is 5.02 Å². The first kappa shape index (κ1) is 15.4. The van der Waals surface area contributed by atoms with Gasteiger partial charge in [0.2, 0.25) is 0 Å². The Morgan fingerprint density at radius 2 is 2.10 bits per heavy atom. The first-order chi connectivity index (χ1) is 9.29. The molecule has 0 saturated heterocycles. The smallest absolute Gasteiger partial charge is 0.127 e. The summed E-state index contributed by atoms with van der Waals surface area (Å²) in [6, 6.07) is 4.51. The fourth-order valence-electron chi connectivity index (χ4n) is 1.81. The summed E-state index contributed by atoms with van der Waals surface area (Å²) in [5.41, 5.74) is 0.837. The molecule has 1 unspecified atom stereocenters. The summed E-state index contributed by atoms with van der Waals surface area (Å²) in [5, 5.41) is 13.3. The maximum absolute atomic E-state index is 13.7. The lowest BCUT2D eigenvalue weighted by atomic mass is 9.98. The van der Waals surface area contributed by atoms with E-state index in [2.05, 4.69) is 25.8 Å². The lowest BCUT2D eigenvalue weighted by Crippen LogP contribution is -2.11. The van der Waals surface area contributed by atoms with E-state index in [0.29, 0.717) is 16.3 Å². The summed E-state index contributed by atoms with van der Waals surface area (Å²) in [4.78, 5) is 4.44. The van der Waals surface area contributed by atoms with Crippen molar-refractivity contribution in [3.8, 4) is 0 Å². The molecule has 0 saturated carbocycles. The Bertz CT molecular complexity index is 586. The third kappa shape index (κ3) is 3.37. The number of aliphatic hydroxyl groups excluding tert-OH is 1. The molecule has 1 heterocycles. The molecule has 0 aliphatic carbocycles. The predicted octanol–water partition coefficient (Wildman–Crippen LogP) is 4.51. The molecular weight excluding hydrogens is 297 g/mol. The summed E-state index contributed by atoms with van der Waals surface area (Å²) >= 11 is 7.48. The molecule has 5 heteroatoms. The van der Waals surface area contributed by atoms with Gasteiger partial charge in [-0.1, -0.05) is 38.4 Å². The van der Waals surface area contributed by atoms with E-state index in [1.54, 1.807) is 12.1 Å². The Labute approximate surface area is 127 Å². The lowest BCUT2D eigenvalue weighted by molar-refractivity contribution is 0.172. The molecule has 1 aromatic heterocycles. The molecule has 20 heavy (non-hydrogen) atoms. The highest BCUT2D eigenvalue weighted by Gasteiger charge is 2.21. The maximum Gasteiger partial charge on any atom is 0.127 e. The number of benzene rings is 1. The second kappa shape index (κ2) is 5.80. The van der Waals surface area contributed by atoms with Gasteiger partial charge in [-0.15, -0.1) is 11.3 Å². The molecule has 0 bridgehead atoms. The highest BCUT2D eigenvalue weighted by atomic mass is 35.5. The van der Waals surface area contributed by atoms with Gasteiger partial charge in [-0.25, -0.2) is 9.37 Å². The number of nitrogens with zero attached hydrogens (tertiary/aromatic N) is 1. The molecule has 0 radical (unpaired) electrons. The van der Waals surface area contributed by atoms with E-state index in [9.17, 15) is 9.50 Å². The van der Waals surface area contributed by atoms with Gasteiger partial charge >= 0.3 is 0 Å². The third-order valence-corrected chi connectivity index (χ3v) is 4.60. The van der Waals surface area contributed by atoms with Crippen molar-refractivity contribution in [2.75, 3.05) is 0 Å². The minimum atomic E-state index is -0.850. The van der Waals surface area contributed by atoms with Crippen molar-refractivity contribution in [1.82, 2.24) is 4.98 Å². The molecule has 1 N–H and O–H groups in total.